The molecule has 1 radical (unpaired) electrons. The summed E-state index contributed by atoms with van der Waals surface area (Å²) in [4.78, 5) is 20.4. The first-order valence-electron chi connectivity index (χ1n) is 16.7. The summed E-state index contributed by atoms with van der Waals surface area (Å²) in [5, 5.41) is 14.6. The van der Waals surface area contributed by atoms with Crippen molar-refractivity contribution in [3.63, 3.8) is 0 Å². The smallest absolute Gasteiger partial charge is 0.164 e. The monoisotopic (exact) mass is 841 g/mol. The number of fused-ring (bicyclic) bond motifs is 3. The molecule has 0 atom stereocenters. The normalized spacial score (nSPS) is 11.5. The van der Waals surface area contributed by atoms with Crippen LogP contribution in [0.4, 0.5) is 0 Å². The van der Waals surface area contributed by atoms with Crippen LogP contribution in [0.3, 0.4) is 0 Å². The number of aliphatic hydroxyl groups is 1. The van der Waals surface area contributed by atoms with Crippen molar-refractivity contribution < 1.29 is 30.0 Å². The van der Waals surface area contributed by atoms with E-state index in [0.717, 1.165) is 28.1 Å². The molecule has 0 bridgehead atoms. The third kappa shape index (κ3) is 10.3. The molecule has 0 aliphatic heterocycles. The maximum atomic E-state index is 11.5. The second kappa shape index (κ2) is 17.0. The van der Waals surface area contributed by atoms with Gasteiger partial charge in [-0.3, -0.25) is 4.79 Å². The van der Waals surface area contributed by atoms with Gasteiger partial charge in [0.05, 0.1) is 0 Å². The Kier molecular flexibility index (Phi) is 13.6. The fourth-order valence-corrected chi connectivity index (χ4v) is 5.20. The van der Waals surface area contributed by atoms with Gasteiger partial charge >= 0.3 is 0 Å². The predicted octanol–water partition coefficient (Wildman–Crippen LogP) is 11.7. The van der Waals surface area contributed by atoms with E-state index in [0.29, 0.717) is 0 Å². The van der Waals surface area contributed by atoms with E-state index in [1.807, 2.05) is 90.2 Å². The van der Waals surface area contributed by atoms with Crippen LogP contribution in [0.1, 0.15) is 63.8 Å². The number of carbonyl (C=O) groups excluding carboxylic acids is 1. The van der Waals surface area contributed by atoms with Crippen molar-refractivity contribution in [2.45, 2.75) is 69.2 Å². The Hall–Kier alpha value is -4.44. The van der Waals surface area contributed by atoms with Crippen molar-refractivity contribution >= 4 is 27.3 Å². The number of hydrogen-bond donors (Lipinski definition) is 1. The maximum absolute atomic E-state index is 11.5. The Morgan fingerprint density at radius 3 is 1.96 bits per heavy atom. The Morgan fingerprint density at radius 1 is 0.700 bits per heavy atom. The average molecular weight is 841 g/mol. The molecule has 0 spiro atoms. The van der Waals surface area contributed by atoms with Crippen molar-refractivity contribution in [1.29, 1.82) is 0 Å². The van der Waals surface area contributed by atoms with E-state index in [1.54, 1.807) is 6.20 Å². The van der Waals surface area contributed by atoms with Crippen LogP contribution in [0.2, 0.25) is 0 Å². The standard InChI is InChI=1S/C23H20N.C11H8N.C11H20O2.Ir/c1-14-11-15(2)13-18(12-14)23-22-8-7-19-17(4)16(3)5-6-20(19)21(22)9-10-24-23;1-2-6-10(7-3-1)11-8-4-5-9-12-11;1-10(2,3)8(12)7-9(13)11(4,5)6;/h5-12H,1-4H3;1-6,8-9H;7,12H,1-6H3;/q2*-1;;/b;;8-7-;. The molecule has 4 nitrogen and oxygen atoms in total. The SMILES string of the molecule is CC(C)(C)C(=O)/C=C(\O)C(C)(C)C.Cc1[c-]c(-c2nccc3c2ccc2c(C)c(C)ccc23)cc(C)c1.[Ir].[c-]1ccccc1-c1ccccn1. The molecule has 0 aliphatic carbocycles. The number of aromatic nitrogens is 2. The number of carbonyl (C=O) groups is 1. The van der Waals surface area contributed by atoms with Crippen LogP contribution in [0, 0.1) is 50.7 Å². The molecule has 0 unspecified atom stereocenters. The van der Waals surface area contributed by atoms with Crippen LogP contribution in [0.5, 0.6) is 0 Å². The molecule has 2 heterocycles. The Bertz CT molecular complexity index is 2030. The molecule has 261 valence electrons. The molecule has 0 amide bonds. The summed E-state index contributed by atoms with van der Waals surface area (Å²) < 4.78 is 0. The number of ketones is 1. The van der Waals surface area contributed by atoms with E-state index >= 15 is 0 Å². The second-order valence-electron chi connectivity index (χ2n) is 14.6. The fraction of sp³-hybridized carbons (Fsp3) is 0.267. The van der Waals surface area contributed by atoms with Crippen LogP contribution in [0.25, 0.3) is 44.1 Å². The van der Waals surface area contributed by atoms with Crippen molar-refractivity contribution in [3.05, 3.63) is 144 Å². The third-order valence-corrected chi connectivity index (χ3v) is 8.31. The molecular formula is C45H48IrN2O2-2. The van der Waals surface area contributed by atoms with Gasteiger partial charge in [0.2, 0.25) is 0 Å². The van der Waals surface area contributed by atoms with E-state index in [2.05, 4.69) is 92.3 Å². The summed E-state index contributed by atoms with van der Waals surface area (Å²) in [5.41, 5.74) is 8.41. The molecule has 6 aromatic rings. The van der Waals surface area contributed by atoms with E-state index in [4.69, 9.17) is 0 Å². The molecule has 50 heavy (non-hydrogen) atoms. The van der Waals surface area contributed by atoms with Crippen molar-refractivity contribution in [3.8, 4) is 22.5 Å². The van der Waals surface area contributed by atoms with Crippen LogP contribution < -0.4 is 0 Å². The fourth-order valence-electron chi connectivity index (χ4n) is 5.20. The summed E-state index contributed by atoms with van der Waals surface area (Å²) in [6.07, 6.45) is 5.04. The zero-order valence-corrected chi connectivity index (χ0v) is 33.3. The molecule has 1 N–H and O–H groups in total. The number of rotatable bonds is 3. The summed E-state index contributed by atoms with van der Waals surface area (Å²) in [7, 11) is 0. The van der Waals surface area contributed by atoms with Crippen LogP contribution >= 0.6 is 0 Å². The predicted molar refractivity (Wildman–Crippen MR) is 206 cm³/mol. The van der Waals surface area contributed by atoms with Crippen LogP contribution in [0.15, 0.2) is 109 Å². The quantitative estimate of drug-likeness (QED) is 0.0834. The summed E-state index contributed by atoms with van der Waals surface area (Å²) in [5.74, 6) is 0.104. The van der Waals surface area contributed by atoms with Gasteiger partial charge in [-0.2, -0.15) is 0 Å². The molecule has 4 aromatic carbocycles. The van der Waals surface area contributed by atoms with Gasteiger partial charge in [-0.25, -0.2) is 0 Å². The largest absolute Gasteiger partial charge is 0.512 e. The van der Waals surface area contributed by atoms with Crippen LogP contribution in [-0.2, 0) is 24.9 Å². The molecule has 0 fully saturated rings. The first kappa shape index (κ1) is 40.0. The number of aliphatic hydroxyl groups excluding tert-OH is 1. The number of benzene rings is 4. The number of aryl methyl sites for hydroxylation is 4. The number of hydrogen-bond acceptors (Lipinski definition) is 4. The Morgan fingerprint density at radius 2 is 1.36 bits per heavy atom. The van der Waals surface area contributed by atoms with Crippen molar-refractivity contribution in [2.24, 2.45) is 10.8 Å². The first-order chi connectivity index (χ1) is 23.1. The maximum Gasteiger partial charge on any atom is 0.164 e. The van der Waals surface area contributed by atoms with Crippen molar-refractivity contribution in [1.82, 2.24) is 9.97 Å². The number of allylic oxidation sites excluding steroid dienone is 2. The van der Waals surface area contributed by atoms with Gasteiger partial charge in [-0.15, -0.1) is 70.8 Å². The number of nitrogens with zero attached hydrogens (tertiary/aromatic N) is 2. The minimum atomic E-state index is -0.417. The molecular weight excluding hydrogens is 793 g/mol. The minimum Gasteiger partial charge on any atom is -0.512 e. The second-order valence-corrected chi connectivity index (χ2v) is 14.6. The molecule has 0 aliphatic rings. The minimum absolute atomic E-state index is 0. The summed E-state index contributed by atoms with van der Waals surface area (Å²) in [6, 6.07) is 35.6. The van der Waals surface area contributed by atoms with E-state index < -0.39 is 5.41 Å². The van der Waals surface area contributed by atoms with E-state index in [-0.39, 0.29) is 37.1 Å². The van der Waals surface area contributed by atoms with Gasteiger partial charge in [0.15, 0.2) is 5.78 Å². The average Bonchev–Trinajstić information content (AvgIpc) is 3.06. The van der Waals surface area contributed by atoms with E-state index in [1.165, 1.54) is 44.3 Å². The molecule has 2 aromatic heterocycles. The molecule has 6 rings (SSSR count). The van der Waals surface area contributed by atoms with Crippen molar-refractivity contribution in [2.75, 3.05) is 0 Å². The third-order valence-electron chi connectivity index (χ3n) is 8.31. The van der Waals surface area contributed by atoms with Gasteiger partial charge in [-0.05, 0) is 70.0 Å². The Labute approximate surface area is 312 Å². The van der Waals surface area contributed by atoms with Gasteiger partial charge in [0.25, 0.3) is 0 Å². The van der Waals surface area contributed by atoms with Gasteiger partial charge < -0.3 is 15.1 Å². The van der Waals surface area contributed by atoms with Gasteiger partial charge in [-0.1, -0.05) is 91.8 Å². The van der Waals surface area contributed by atoms with Gasteiger partial charge in [0, 0.05) is 49.4 Å². The van der Waals surface area contributed by atoms with Crippen LogP contribution in [-0.4, -0.2) is 20.9 Å². The summed E-state index contributed by atoms with van der Waals surface area (Å²) >= 11 is 0. The molecule has 0 saturated heterocycles. The molecule has 0 saturated carbocycles. The zero-order valence-electron chi connectivity index (χ0n) is 30.9. The first-order valence-corrected chi connectivity index (χ1v) is 16.7. The Balaban J connectivity index is 0.000000222. The summed E-state index contributed by atoms with van der Waals surface area (Å²) in [6.45, 7) is 19.7. The molecule has 5 heteroatoms. The zero-order chi connectivity index (χ0) is 35.9. The topological polar surface area (TPSA) is 63.1 Å². The number of pyridine rings is 2. The van der Waals surface area contributed by atoms with E-state index in [9.17, 15) is 9.90 Å². The van der Waals surface area contributed by atoms with Gasteiger partial charge in [0.1, 0.15) is 5.76 Å².